The van der Waals surface area contributed by atoms with E-state index < -0.39 is 31.0 Å². The van der Waals surface area contributed by atoms with Crippen molar-refractivity contribution >= 4 is 0 Å². The van der Waals surface area contributed by atoms with Crippen LogP contribution in [0.25, 0.3) is 0 Å². The monoisotopic (exact) mass is 195 g/mol. The molecule has 0 rings (SSSR count). The molecule has 0 heterocycles. The molecule has 0 amide bonds. The van der Waals surface area contributed by atoms with Crippen LogP contribution in [0.1, 0.15) is 0 Å². The average molecular weight is 195 g/mol. The van der Waals surface area contributed by atoms with Crippen LogP contribution in [0, 0.1) is 0 Å². The second-order valence-electron chi connectivity index (χ2n) is 2.86. The molecule has 4 atom stereocenters. The van der Waals surface area contributed by atoms with Crippen molar-refractivity contribution in [3.63, 3.8) is 0 Å². The van der Waals surface area contributed by atoms with Gasteiger partial charge in [0.05, 0.1) is 12.7 Å². The van der Waals surface area contributed by atoms with Crippen LogP contribution in [-0.2, 0) is 0 Å². The van der Waals surface area contributed by atoms with Crippen molar-refractivity contribution in [1.82, 2.24) is 5.32 Å². The summed E-state index contributed by atoms with van der Waals surface area (Å²) in [6.07, 6.45) is -5.65. The number of hydrogen-bond acceptors (Lipinski definition) is 6. The minimum absolute atomic E-state index is 0.0936. The maximum atomic E-state index is 9.21. The average Bonchev–Trinajstić information content (AvgIpc) is 2.14. The van der Waals surface area contributed by atoms with E-state index in [1.807, 2.05) is 0 Å². The molecule has 6 heteroatoms. The number of rotatable bonds is 6. The van der Waals surface area contributed by atoms with Gasteiger partial charge in [0, 0.05) is 6.54 Å². The third-order valence-corrected chi connectivity index (χ3v) is 1.74. The fourth-order valence-corrected chi connectivity index (χ4v) is 0.893. The molecule has 0 aliphatic heterocycles. The number of hydrogen-bond donors (Lipinski definition) is 6. The molecule has 0 radical (unpaired) electrons. The van der Waals surface area contributed by atoms with E-state index in [0.29, 0.717) is 0 Å². The molecule has 6 nitrogen and oxygen atoms in total. The molecule has 0 bridgehead atoms. The van der Waals surface area contributed by atoms with Gasteiger partial charge in [-0.3, -0.25) is 0 Å². The van der Waals surface area contributed by atoms with Crippen molar-refractivity contribution in [2.45, 2.75) is 24.4 Å². The van der Waals surface area contributed by atoms with Crippen LogP contribution in [0.5, 0.6) is 0 Å². The van der Waals surface area contributed by atoms with Gasteiger partial charge in [0.1, 0.15) is 18.3 Å². The molecule has 0 unspecified atom stereocenters. The van der Waals surface area contributed by atoms with Gasteiger partial charge in [-0.1, -0.05) is 0 Å². The van der Waals surface area contributed by atoms with Crippen molar-refractivity contribution < 1.29 is 25.5 Å². The van der Waals surface area contributed by atoms with Crippen molar-refractivity contribution in [3.8, 4) is 0 Å². The lowest BCUT2D eigenvalue weighted by Crippen LogP contribution is -2.48. The smallest absolute Gasteiger partial charge is 0.111 e. The highest BCUT2D eigenvalue weighted by atomic mass is 16.4. The number of nitrogens with one attached hydrogen (secondary N) is 1. The third kappa shape index (κ3) is 3.99. The van der Waals surface area contributed by atoms with Crippen LogP contribution in [-0.4, -0.2) is 70.1 Å². The summed E-state index contributed by atoms with van der Waals surface area (Å²) in [5.74, 6) is 0. The molecule has 0 saturated carbocycles. The van der Waals surface area contributed by atoms with Gasteiger partial charge in [-0.15, -0.1) is 0 Å². The van der Waals surface area contributed by atoms with E-state index in [1.165, 1.54) is 0 Å². The molecule has 0 aromatic rings. The van der Waals surface area contributed by atoms with Gasteiger partial charge in [0.25, 0.3) is 0 Å². The Bertz CT molecular complexity index is 134. The summed E-state index contributed by atoms with van der Waals surface area (Å²) in [5.41, 5.74) is 0. The maximum absolute atomic E-state index is 9.21. The van der Waals surface area contributed by atoms with Crippen molar-refractivity contribution in [2.75, 3.05) is 20.2 Å². The Labute approximate surface area is 76.4 Å². The Morgan fingerprint density at radius 1 is 1.00 bits per heavy atom. The lowest BCUT2D eigenvalue weighted by molar-refractivity contribution is -0.113. The van der Waals surface area contributed by atoms with Gasteiger partial charge in [0.2, 0.25) is 0 Å². The fraction of sp³-hybridized carbons (Fsp3) is 1.00. The quantitative estimate of drug-likeness (QED) is 0.264. The molecular weight excluding hydrogens is 178 g/mol. The molecule has 0 fully saturated rings. The topological polar surface area (TPSA) is 113 Å². The molecule has 0 aliphatic carbocycles. The van der Waals surface area contributed by atoms with E-state index in [1.54, 1.807) is 7.05 Å². The van der Waals surface area contributed by atoms with E-state index in [2.05, 4.69) is 5.32 Å². The van der Waals surface area contributed by atoms with E-state index in [-0.39, 0.29) is 6.54 Å². The summed E-state index contributed by atoms with van der Waals surface area (Å²) in [6.45, 7) is -0.569. The van der Waals surface area contributed by atoms with Gasteiger partial charge in [-0.05, 0) is 7.05 Å². The highest BCUT2D eigenvalue weighted by molar-refractivity contribution is 4.81. The summed E-state index contributed by atoms with van der Waals surface area (Å²) >= 11 is 0. The summed E-state index contributed by atoms with van der Waals surface area (Å²) in [7, 11) is 1.57. The Kier molecular flexibility index (Phi) is 6.13. The van der Waals surface area contributed by atoms with Gasteiger partial charge in [0.15, 0.2) is 0 Å². The first-order valence-electron chi connectivity index (χ1n) is 4.02. The number of aliphatic hydroxyl groups excluding tert-OH is 5. The zero-order valence-corrected chi connectivity index (χ0v) is 7.46. The first-order valence-corrected chi connectivity index (χ1v) is 4.02. The lowest BCUT2D eigenvalue weighted by atomic mass is 10.0. The van der Waals surface area contributed by atoms with Crippen LogP contribution in [0.3, 0.4) is 0 Å². The van der Waals surface area contributed by atoms with Crippen molar-refractivity contribution in [3.05, 3.63) is 0 Å². The first kappa shape index (κ1) is 12.8. The normalized spacial score (nSPS) is 20.8. The second kappa shape index (κ2) is 6.25. The zero-order chi connectivity index (χ0) is 10.4. The van der Waals surface area contributed by atoms with Crippen LogP contribution in [0.2, 0.25) is 0 Å². The lowest BCUT2D eigenvalue weighted by Gasteiger charge is -2.25. The predicted molar refractivity (Wildman–Crippen MR) is 45.0 cm³/mol. The SMILES string of the molecule is CNC[C@@H](O)[C@H](O)[C@@H](O)[C@H](O)CO. The Morgan fingerprint density at radius 2 is 1.46 bits per heavy atom. The van der Waals surface area contributed by atoms with E-state index in [9.17, 15) is 5.11 Å². The van der Waals surface area contributed by atoms with Crippen LogP contribution < -0.4 is 5.32 Å². The third-order valence-electron chi connectivity index (χ3n) is 1.74. The highest BCUT2D eigenvalue weighted by Gasteiger charge is 2.29. The number of aliphatic hydroxyl groups is 5. The Balaban J connectivity index is 3.99. The molecule has 0 spiro atoms. The molecular formula is C7H17NO5. The number of likely N-dealkylation sites (N-methyl/N-ethyl adjacent to an activating group) is 1. The van der Waals surface area contributed by atoms with E-state index >= 15 is 0 Å². The summed E-state index contributed by atoms with van der Waals surface area (Å²) in [6, 6.07) is 0. The van der Waals surface area contributed by atoms with Crippen LogP contribution >= 0.6 is 0 Å². The first-order chi connectivity index (χ1) is 6.04. The van der Waals surface area contributed by atoms with Gasteiger partial charge < -0.3 is 30.8 Å². The van der Waals surface area contributed by atoms with Gasteiger partial charge in [-0.2, -0.15) is 0 Å². The fourth-order valence-electron chi connectivity index (χ4n) is 0.893. The minimum Gasteiger partial charge on any atom is -0.394 e. The molecule has 0 saturated heterocycles. The zero-order valence-electron chi connectivity index (χ0n) is 7.46. The largest absolute Gasteiger partial charge is 0.394 e. The van der Waals surface area contributed by atoms with E-state index in [4.69, 9.17) is 20.4 Å². The molecule has 0 aliphatic rings. The highest BCUT2D eigenvalue weighted by Crippen LogP contribution is 2.04. The summed E-state index contributed by atoms with van der Waals surface area (Å²) in [4.78, 5) is 0. The minimum atomic E-state index is -1.55. The van der Waals surface area contributed by atoms with Gasteiger partial charge in [-0.25, -0.2) is 0 Å². The Hall–Kier alpha value is -0.240. The maximum Gasteiger partial charge on any atom is 0.111 e. The van der Waals surface area contributed by atoms with Crippen LogP contribution in [0.4, 0.5) is 0 Å². The molecule has 0 aromatic carbocycles. The van der Waals surface area contributed by atoms with E-state index in [0.717, 1.165) is 0 Å². The Morgan fingerprint density at radius 3 is 1.85 bits per heavy atom. The molecule has 13 heavy (non-hydrogen) atoms. The molecule has 0 aromatic heterocycles. The second-order valence-corrected chi connectivity index (χ2v) is 2.86. The van der Waals surface area contributed by atoms with Crippen molar-refractivity contribution in [1.29, 1.82) is 0 Å². The summed E-state index contributed by atoms with van der Waals surface area (Å²) < 4.78 is 0. The summed E-state index contributed by atoms with van der Waals surface area (Å²) in [5, 5.41) is 47.5. The van der Waals surface area contributed by atoms with Gasteiger partial charge >= 0.3 is 0 Å². The van der Waals surface area contributed by atoms with Crippen LogP contribution in [0.15, 0.2) is 0 Å². The van der Waals surface area contributed by atoms with Crippen molar-refractivity contribution in [2.24, 2.45) is 0 Å². The molecule has 6 N–H and O–H groups in total. The standard InChI is InChI=1S/C7H17NO5/c1-8-2-4(10)6(12)7(13)5(11)3-9/h4-13H,2-3H2,1H3/t4-,5-,6+,7+/m1/s1. The molecule has 80 valence electrons. The predicted octanol–water partition coefficient (Wildman–Crippen LogP) is -3.36.